The van der Waals surface area contributed by atoms with Crippen LogP contribution in [-0.2, 0) is 4.84 Å². The lowest BCUT2D eigenvalue weighted by Crippen LogP contribution is -2.44. The average molecular weight is 283 g/mol. The average Bonchev–Trinajstić information content (AvgIpc) is 2.09. The Morgan fingerprint density at radius 3 is 2.07 bits per heavy atom. The molecule has 7 heteroatoms. The van der Waals surface area contributed by atoms with Crippen LogP contribution in [0.25, 0.3) is 0 Å². The summed E-state index contributed by atoms with van der Waals surface area (Å²) >= 11 is 0. The van der Waals surface area contributed by atoms with Crippen molar-refractivity contribution in [2.24, 2.45) is 5.90 Å². The van der Waals surface area contributed by atoms with E-state index < -0.39 is 0 Å². The maximum atomic E-state index is 4.94. The predicted molar refractivity (Wildman–Crippen MR) is 70.4 cm³/mol. The van der Waals surface area contributed by atoms with Gasteiger partial charge in [-0.25, -0.2) is 5.90 Å². The molecule has 4 nitrogen and oxygen atoms in total. The summed E-state index contributed by atoms with van der Waals surface area (Å²) in [6.45, 7) is 6.52. The van der Waals surface area contributed by atoms with E-state index in [9.17, 15) is 0 Å². The van der Waals surface area contributed by atoms with E-state index in [1.165, 1.54) is 26.2 Å². The van der Waals surface area contributed by atoms with Gasteiger partial charge in [-0.2, -0.15) is 0 Å². The van der Waals surface area contributed by atoms with Crippen LogP contribution in [0.4, 0.5) is 0 Å². The molecule has 0 radical (unpaired) electrons. The summed E-state index contributed by atoms with van der Waals surface area (Å²) in [6.07, 6.45) is 1.04. The van der Waals surface area contributed by atoms with Gasteiger partial charge in [0.25, 0.3) is 0 Å². The maximum absolute atomic E-state index is 4.94. The molecule has 1 fully saturated rings. The highest BCUT2D eigenvalue weighted by atomic mass is 35.5. The van der Waals surface area contributed by atoms with Crippen LogP contribution in [0.3, 0.4) is 0 Å². The SMILES string of the molecule is CN1CCN(CCCON)CC1.Cl.Cl.Cl. The Hall–Kier alpha value is 0.710. The minimum atomic E-state index is 0. The second kappa shape index (κ2) is 12.8. The van der Waals surface area contributed by atoms with Crippen LogP contribution in [0.2, 0.25) is 0 Å². The third-order valence-corrected chi connectivity index (χ3v) is 2.33. The Kier molecular flexibility index (Phi) is 17.9. The first kappa shape index (κ1) is 21.0. The molecule has 0 aromatic heterocycles. The molecule has 0 aromatic carbocycles. The molecule has 1 aliphatic rings. The molecule has 1 rings (SSSR count). The van der Waals surface area contributed by atoms with E-state index in [-0.39, 0.29) is 37.2 Å². The number of likely N-dealkylation sites (N-methyl/N-ethyl adjacent to an activating group) is 1. The minimum absolute atomic E-state index is 0. The minimum Gasteiger partial charge on any atom is -0.305 e. The van der Waals surface area contributed by atoms with Crippen molar-refractivity contribution in [3.8, 4) is 0 Å². The molecule has 0 atom stereocenters. The zero-order chi connectivity index (χ0) is 8.81. The molecule has 0 bridgehead atoms. The molecule has 96 valence electrons. The molecule has 1 heterocycles. The summed E-state index contributed by atoms with van der Waals surface area (Å²) in [5.74, 6) is 4.94. The number of halogens is 3. The highest BCUT2D eigenvalue weighted by Gasteiger charge is 2.12. The Morgan fingerprint density at radius 1 is 1.07 bits per heavy atom. The van der Waals surface area contributed by atoms with Crippen molar-refractivity contribution in [3.63, 3.8) is 0 Å². The fourth-order valence-corrected chi connectivity index (χ4v) is 1.44. The first-order chi connectivity index (χ1) is 5.83. The molecule has 15 heavy (non-hydrogen) atoms. The molecule has 0 spiro atoms. The standard InChI is InChI=1S/C8H19N3O.3ClH/c1-10-4-6-11(7-5-10)3-2-8-12-9;;;/h2-9H2,1H3;3*1H. The maximum Gasteiger partial charge on any atom is 0.0691 e. The van der Waals surface area contributed by atoms with Crippen LogP contribution >= 0.6 is 37.2 Å². The molecule has 0 unspecified atom stereocenters. The van der Waals surface area contributed by atoms with E-state index in [4.69, 9.17) is 5.90 Å². The van der Waals surface area contributed by atoms with Crippen molar-refractivity contribution in [2.75, 3.05) is 46.4 Å². The number of hydrogen-bond donors (Lipinski definition) is 1. The van der Waals surface area contributed by atoms with Gasteiger partial charge in [0, 0.05) is 32.7 Å². The van der Waals surface area contributed by atoms with Gasteiger partial charge in [0.2, 0.25) is 0 Å². The van der Waals surface area contributed by atoms with Gasteiger partial charge in [-0.05, 0) is 13.5 Å². The number of piperazine rings is 1. The lowest BCUT2D eigenvalue weighted by Gasteiger charge is -2.32. The molecule has 1 saturated heterocycles. The molecule has 0 aliphatic carbocycles. The fraction of sp³-hybridized carbons (Fsp3) is 1.00. The van der Waals surface area contributed by atoms with Gasteiger partial charge in [-0.3, -0.25) is 0 Å². The van der Waals surface area contributed by atoms with E-state index in [1.807, 2.05) is 0 Å². The summed E-state index contributed by atoms with van der Waals surface area (Å²) in [5.41, 5.74) is 0. The number of nitrogens with zero attached hydrogens (tertiary/aromatic N) is 2. The highest BCUT2D eigenvalue weighted by Crippen LogP contribution is 1.99. The second-order valence-corrected chi connectivity index (χ2v) is 3.37. The van der Waals surface area contributed by atoms with Crippen LogP contribution in [0.1, 0.15) is 6.42 Å². The Morgan fingerprint density at radius 2 is 1.60 bits per heavy atom. The summed E-state index contributed by atoms with van der Waals surface area (Å²) < 4.78 is 0. The topological polar surface area (TPSA) is 41.7 Å². The van der Waals surface area contributed by atoms with Gasteiger partial charge in [-0.15, -0.1) is 37.2 Å². The second-order valence-electron chi connectivity index (χ2n) is 3.37. The summed E-state index contributed by atoms with van der Waals surface area (Å²) in [4.78, 5) is 9.33. The summed E-state index contributed by atoms with van der Waals surface area (Å²) in [7, 11) is 2.17. The van der Waals surface area contributed by atoms with Gasteiger partial charge in [-0.1, -0.05) is 0 Å². The zero-order valence-corrected chi connectivity index (χ0v) is 11.5. The van der Waals surface area contributed by atoms with Crippen LogP contribution in [0.5, 0.6) is 0 Å². The monoisotopic (exact) mass is 281 g/mol. The Balaban J connectivity index is -0.000000480. The number of rotatable bonds is 4. The van der Waals surface area contributed by atoms with E-state index in [2.05, 4.69) is 21.7 Å². The molecular weight excluding hydrogens is 260 g/mol. The quantitative estimate of drug-likeness (QED) is 0.611. The molecule has 2 N–H and O–H groups in total. The number of nitrogens with two attached hydrogens (primary N) is 1. The lowest BCUT2D eigenvalue weighted by molar-refractivity contribution is 0.107. The largest absolute Gasteiger partial charge is 0.305 e. The van der Waals surface area contributed by atoms with Gasteiger partial charge in [0.1, 0.15) is 0 Å². The van der Waals surface area contributed by atoms with E-state index >= 15 is 0 Å². The number of hydrogen-bond acceptors (Lipinski definition) is 4. The van der Waals surface area contributed by atoms with Crippen molar-refractivity contribution in [2.45, 2.75) is 6.42 Å². The molecule has 0 aromatic rings. The van der Waals surface area contributed by atoms with Crippen LogP contribution in [0, 0.1) is 0 Å². The third-order valence-electron chi connectivity index (χ3n) is 2.33. The highest BCUT2D eigenvalue weighted by molar-refractivity contribution is 5.86. The fourth-order valence-electron chi connectivity index (χ4n) is 1.44. The van der Waals surface area contributed by atoms with E-state index in [0.717, 1.165) is 13.0 Å². The lowest BCUT2D eigenvalue weighted by atomic mass is 10.3. The normalized spacial score (nSPS) is 17.2. The van der Waals surface area contributed by atoms with Crippen molar-refractivity contribution in [1.29, 1.82) is 0 Å². The van der Waals surface area contributed by atoms with Gasteiger partial charge < -0.3 is 14.6 Å². The molecule has 1 aliphatic heterocycles. The van der Waals surface area contributed by atoms with Gasteiger partial charge >= 0.3 is 0 Å². The first-order valence-corrected chi connectivity index (χ1v) is 4.55. The first-order valence-electron chi connectivity index (χ1n) is 4.55. The zero-order valence-electron chi connectivity index (χ0n) is 9.05. The smallest absolute Gasteiger partial charge is 0.0691 e. The van der Waals surface area contributed by atoms with Gasteiger partial charge in [0.05, 0.1) is 6.61 Å². The summed E-state index contributed by atoms with van der Waals surface area (Å²) in [6, 6.07) is 0. The molecule has 0 saturated carbocycles. The van der Waals surface area contributed by atoms with E-state index in [0.29, 0.717) is 6.61 Å². The van der Waals surface area contributed by atoms with Crippen molar-refractivity contribution < 1.29 is 4.84 Å². The van der Waals surface area contributed by atoms with Crippen molar-refractivity contribution in [1.82, 2.24) is 9.80 Å². The van der Waals surface area contributed by atoms with Crippen LogP contribution in [-0.4, -0.2) is 56.2 Å². The van der Waals surface area contributed by atoms with Crippen LogP contribution < -0.4 is 5.90 Å². The Bertz CT molecular complexity index is 124. The Labute approximate surface area is 111 Å². The predicted octanol–water partition coefficient (Wildman–Crippen LogP) is 0.780. The summed E-state index contributed by atoms with van der Waals surface area (Å²) in [5, 5.41) is 0. The van der Waals surface area contributed by atoms with Gasteiger partial charge in [0.15, 0.2) is 0 Å². The third kappa shape index (κ3) is 9.63. The molecular formula is C8H22Cl3N3O. The van der Waals surface area contributed by atoms with Crippen molar-refractivity contribution >= 4 is 37.2 Å². The van der Waals surface area contributed by atoms with Crippen molar-refractivity contribution in [3.05, 3.63) is 0 Å². The van der Waals surface area contributed by atoms with Crippen LogP contribution in [0.15, 0.2) is 0 Å². The van der Waals surface area contributed by atoms with E-state index in [1.54, 1.807) is 0 Å². The molecule has 0 amide bonds.